The van der Waals surface area contributed by atoms with Gasteiger partial charge in [0.15, 0.2) is 0 Å². The molecule has 0 radical (unpaired) electrons. The van der Waals surface area contributed by atoms with Gasteiger partial charge in [0.05, 0.1) is 10.7 Å². The molecule has 0 bridgehead atoms. The van der Waals surface area contributed by atoms with E-state index < -0.39 is 5.91 Å². The highest BCUT2D eigenvalue weighted by Gasteiger charge is 2.20. The van der Waals surface area contributed by atoms with Crippen molar-refractivity contribution in [3.8, 4) is 11.3 Å². The average Bonchev–Trinajstić information content (AvgIpc) is 3.30. The molecule has 0 saturated heterocycles. The zero-order valence-corrected chi connectivity index (χ0v) is 16.2. The molecule has 0 aliphatic rings. The van der Waals surface area contributed by atoms with E-state index in [0.29, 0.717) is 27.5 Å². The van der Waals surface area contributed by atoms with Crippen LogP contribution in [-0.2, 0) is 6.54 Å². The number of nitrogens with two attached hydrogens (primary N) is 1. The van der Waals surface area contributed by atoms with Crippen LogP contribution in [0.5, 0.6) is 0 Å². The summed E-state index contributed by atoms with van der Waals surface area (Å²) in [6.45, 7) is 2.09. The fourth-order valence-electron chi connectivity index (χ4n) is 2.98. The van der Waals surface area contributed by atoms with Gasteiger partial charge in [0.2, 0.25) is 11.7 Å². The quantitative estimate of drug-likeness (QED) is 0.472. The molecule has 0 aliphatic carbocycles. The van der Waals surface area contributed by atoms with Gasteiger partial charge in [-0.1, -0.05) is 23.2 Å². The molecule has 1 amide bonds. The van der Waals surface area contributed by atoms with E-state index in [1.54, 1.807) is 41.2 Å². The summed E-state index contributed by atoms with van der Waals surface area (Å²) in [5.41, 5.74) is 9.11. The number of fused-ring (bicyclic) bond motifs is 1. The molecule has 0 saturated carbocycles. The van der Waals surface area contributed by atoms with Gasteiger partial charge in [-0.3, -0.25) is 14.5 Å². The second-order valence-corrected chi connectivity index (χ2v) is 6.88. The van der Waals surface area contributed by atoms with Gasteiger partial charge in [0.1, 0.15) is 5.69 Å². The SMILES string of the molecule is Cc1nc2nc(C(=O)Nc3ncc[nH]3)cn2c(-c2ccc(Cl)cc2Cl)c1CN. The smallest absolute Gasteiger partial charge is 0.278 e. The van der Waals surface area contributed by atoms with Crippen LogP contribution in [0.3, 0.4) is 0 Å². The van der Waals surface area contributed by atoms with E-state index in [-0.39, 0.29) is 12.2 Å². The Hall–Kier alpha value is -2.94. The number of aromatic nitrogens is 5. The third-order valence-corrected chi connectivity index (χ3v) is 4.82. The maximum Gasteiger partial charge on any atom is 0.278 e. The summed E-state index contributed by atoms with van der Waals surface area (Å²) >= 11 is 12.5. The number of hydrogen-bond acceptors (Lipinski definition) is 5. The minimum Gasteiger partial charge on any atom is -0.331 e. The first-order chi connectivity index (χ1) is 13.5. The third-order valence-electron chi connectivity index (χ3n) is 4.27. The molecule has 4 aromatic rings. The predicted molar refractivity (Wildman–Crippen MR) is 108 cm³/mol. The minimum absolute atomic E-state index is 0.184. The molecule has 10 heteroatoms. The lowest BCUT2D eigenvalue weighted by molar-refractivity contribution is 0.102. The zero-order valence-electron chi connectivity index (χ0n) is 14.7. The summed E-state index contributed by atoms with van der Waals surface area (Å²) in [5.74, 6) is 0.274. The van der Waals surface area contributed by atoms with E-state index in [4.69, 9.17) is 28.9 Å². The molecule has 0 atom stereocenters. The average molecular weight is 416 g/mol. The van der Waals surface area contributed by atoms with Gasteiger partial charge in [0, 0.05) is 47.0 Å². The molecule has 3 heterocycles. The molecular weight excluding hydrogens is 401 g/mol. The molecule has 8 nitrogen and oxygen atoms in total. The van der Waals surface area contributed by atoms with Gasteiger partial charge in [-0.15, -0.1) is 0 Å². The lowest BCUT2D eigenvalue weighted by atomic mass is 10.0. The van der Waals surface area contributed by atoms with Crippen LogP contribution < -0.4 is 11.1 Å². The molecule has 0 unspecified atom stereocenters. The third kappa shape index (κ3) is 3.22. The number of imidazole rings is 2. The Morgan fingerprint density at radius 3 is 2.82 bits per heavy atom. The Labute approximate surface area is 169 Å². The highest BCUT2D eigenvalue weighted by molar-refractivity contribution is 6.36. The minimum atomic E-state index is -0.416. The number of rotatable bonds is 4. The van der Waals surface area contributed by atoms with Crippen LogP contribution in [-0.4, -0.2) is 30.2 Å². The second-order valence-electron chi connectivity index (χ2n) is 6.04. The molecular formula is C18H15Cl2N7O. The summed E-state index contributed by atoms with van der Waals surface area (Å²) in [4.78, 5) is 28.2. The number of carbonyl (C=O) groups excluding carboxylic acids is 1. The number of H-pyrrole nitrogens is 1. The summed E-state index contributed by atoms with van der Waals surface area (Å²) in [5, 5.41) is 3.63. The molecule has 0 fully saturated rings. The van der Waals surface area contributed by atoms with Gasteiger partial charge in [-0.2, -0.15) is 0 Å². The lowest BCUT2D eigenvalue weighted by Gasteiger charge is -2.14. The maximum atomic E-state index is 12.5. The molecule has 0 aliphatic heterocycles. The molecule has 1 aromatic carbocycles. The Kier molecular flexibility index (Phi) is 4.76. The maximum absolute atomic E-state index is 12.5. The fraction of sp³-hybridized carbons (Fsp3) is 0.111. The van der Waals surface area contributed by atoms with E-state index in [2.05, 4.69) is 25.3 Å². The van der Waals surface area contributed by atoms with Gasteiger partial charge in [-0.05, 0) is 25.1 Å². The Morgan fingerprint density at radius 1 is 1.32 bits per heavy atom. The lowest BCUT2D eigenvalue weighted by Crippen LogP contribution is -2.13. The van der Waals surface area contributed by atoms with Crippen molar-refractivity contribution in [3.05, 3.63) is 63.8 Å². The molecule has 4 N–H and O–H groups in total. The van der Waals surface area contributed by atoms with Crippen LogP contribution in [0.1, 0.15) is 21.7 Å². The number of nitrogens with one attached hydrogen (secondary N) is 2. The Morgan fingerprint density at radius 2 is 2.14 bits per heavy atom. The Bertz CT molecular complexity index is 1180. The first-order valence-electron chi connectivity index (χ1n) is 8.32. The highest BCUT2D eigenvalue weighted by atomic mass is 35.5. The van der Waals surface area contributed by atoms with Crippen LogP contribution in [0.4, 0.5) is 5.95 Å². The molecule has 142 valence electrons. The van der Waals surface area contributed by atoms with Gasteiger partial charge in [-0.25, -0.2) is 15.0 Å². The van der Waals surface area contributed by atoms with Crippen LogP contribution in [0.2, 0.25) is 10.0 Å². The first kappa shape index (κ1) is 18.4. The predicted octanol–water partition coefficient (Wildman–Crippen LogP) is 3.45. The van der Waals surface area contributed by atoms with E-state index in [9.17, 15) is 4.79 Å². The van der Waals surface area contributed by atoms with Crippen molar-refractivity contribution < 1.29 is 4.79 Å². The molecule has 3 aromatic heterocycles. The standard InChI is InChI=1S/C18H15Cl2N7O/c1-9-12(7-21)15(11-3-2-10(19)6-13(11)20)27-8-14(25-18(27)24-9)16(28)26-17-22-4-5-23-17/h2-6,8H,7,21H2,1H3,(H2,22,23,26,28). The number of halogens is 2. The van der Waals surface area contributed by atoms with Crippen LogP contribution in [0.15, 0.2) is 36.8 Å². The normalized spacial score (nSPS) is 11.1. The van der Waals surface area contributed by atoms with E-state index in [0.717, 1.165) is 16.8 Å². The number of hydrogen-bond donors (Lipinski definition) is 3. The number of benzene rings is 1. The van der Waals surface area contributed by atoms with Gasteiger partial charge in [0.25, 0.3) is 5.91 Å². The van der Waals surface area contributed by atoms with E-state index in [1.807, 2.05) is 6.92 Å². The summed E-state index contributed by atoms with van der Waals surface area (Å²) in [6, 6.07) is 5.20. The number of aryl methyl sites for hydroxylation is 1. The molecule has 0 spiro atoms. The van der Waals surface area contributed by atoms with Crippen molar-refractivity contribution in [2.75, 3.05) is 5.32 Å². The van der Waals surface area contributed by atoms with Crippen molar-refractivity contribution in [1.29, 1.82) is 0 Å². The van der Waals surface area contributed by atoms with Crippen LogP contribution in [0, 0.1) is 6.92 Å². The fourth-order valence-corrected chi connectivity index (χ4v) is 3.48. The molecule has 28 heavy (non-hydrogen) atoms. The van der Waals surface area contributed by atoms with Gasteiger partial charge >= 0.3 is 0 Å². The Balaban J connectivity index is 1.89. The monoisotopic (exact) mass is 415 g/mol. The first-order valence-corrected chi connectivity index (χ1v) is 9.08. The highest BCUT2D eigenvalue weighted by Crippen LogP contribution is 2.34. The van der Waals surface area contributed by atoms with Crippen molar-refractivity contribution in [2.24, 2.45) is 5.73 Å². The largest absolute Gasteiger partial charge is 0.331 e. The second kappa shape index (κ2) is 7.23. The number of anilines is 1. The van der Waals surface area contributed by atoms with Crippen LogP contribution >= 0.6 is 23.2 Å². The number of aromatic amines is 1. The van der Waals surface area contributed by atoms with Gasteiger partial charge < -0.3 is 10.7 Å². The summed E-state index contributed by atoms with van der Waals surface area (Å²) in [6.07, 6.45) is 4.75. The number of carbonyl (C=O) groups is 1. The van der Waals surface area contributed by atoms with Crippen LogP contribution in [0.25, 0.3) is 17.0 Å². The van der Waals surface area contributed by atoms with Crippen molar-refractivity contribution >= 4 is 40.8 Å². The molecule has 4 rings (SSSR count). The van der Waals surface area contributed by atoms with Crippen molar-refractivity contribution in [1.82, 2.24) is 24.3 Å². The summed E-state index contributed by atoms with van der Waals surface area (Å²) in [7, 11) is 0. The number of nitrogens with zero attached hydrogens (tertiary/aromatic N) is 4. The topological polar surface area (TPSA) is 114 Å². The van der Waals surface area contributed by atoms with Crippen molar-refractivity contribution in [2.45, 2.75) is 13.5 Å². The number of amides is 1. The van der Waals surface area contributed by atoms with Crippen molar-refractivity contribution in [3.63, 3.8) is 0 Å². The summed E-state index contributed by atoms with van der Waals surface area (Å²) < 4.78 is 1.71. The zero-order chi connectivity index (χ0) is 19.8. The van der Waals surface area contributed by atoms with E-state index in [1.165, 1.54) is 0 Å². The van der Waals surface area contributed by atoms with E-state index >= 15 is 0 Å².